The summed E-state index contributed by atoms with van der Waals surface area (Å²) in [4.78, 5) is 5.57. The highest BCUT2D eigenvalue weighted by atomic mass is 32.2. The van der Waals surface area contributed by atoms with Crippen LogP contribution in [0.5, 0.6) is 0 Å². The van der Waals surface area contributed by atoms with Crippen LogP contribution in [0.15, 0.2) is 42.6 Å². The van der Waals surface area contributed by atoms with E-state index in [9.17, 15) is 0 Å². The summed E-state index contributed by atoms with van der Waals surface area (Å²) >= 11 is 9.63. The van der Waals surface area contributed by atoms with Crippen molar-refractivity contribution in [3.05, 3.63) is 59.4 Å². The summed E-state index contributed by atoms with van der Waals surface area (Å²) in [6.45, 7) is 2.27. The predicted molar refractivity (Wildman–Crippen MR) is 142 cm³/mol. The van der Waals surface area contributed by atoms with E-state index >= 15 is 0 Å². The van der Waals surface area contributed by atoms with Crippen molar-refractivity contribution in [3.8, 4) is 0 Å². The highest BCUT2D eigenvalue weighted by molar-refractivity contribution is 7.98. The first kappa shape index (κ1) is 25.2. The van der Waals surface area contributed by atoms with E-state index in [4.69, 9.17) is 12.2 Å². The van der Waals surface area contributed by atoms with E-state index in [1.165, 1.54) is 49.7 Å². The molecule has 1 aromatic heterocycles. The molecule has 2 rings (SSSR count). The van der Waals surface area contributed by atoms with Gasteiger partial charge in [0.25, 0.3) is 0 Å². The van der Waals surface area contributed by atoms with Crippen molar-refractivity contribution in [1.82, 2.24) is 4.98 Å². The van der Waals surface area contributed by atoms with Gasteiger partial charge in [-0.05, 0) is 36.1 Å². The van der Waals surface area contributed by atoms with Crippen LogP contribution in [0.2, 0.25) is 0 Å². The number of thioether (sulfide) groups is 2. The highest BCUT2D eigenvalue weighted by Gasteiger charge is 2.19. The third kappa shape index (κ3) is 8.24. The second-order valence-corrected chi connectivity index (χ2v) is 9.84. The van der Waals surface area contributed by atoms with Crippen molar-refractivity contribution in [1.29, 1.82) is 0 Å². The Bertz CT molecular complexity index is 725. The van der Waals surface area contributed by atoms with Crippen LogP contribution in [0.4, 0.5) is 5.69 Å². The van der Waals surface area contributed by atoms with Gasteiger partial charge in [0.2, 0.25) is 0 Å². The number of aromatic nitrogens is 1. The number of pyridine rings is 1. The number of rotatable bonds is 14. The largest absolute Gasteiger partial charge is 0.348 e. The van der Waals surface area contributed by atoms with Crippen LogP contribution >= 0.6 is 35.7 Å². The monoisotopic (exact) mass is 460 g/mol. The number of benzene rings is 1. The van der Waals surface area contributed by atoms with E-state index in [1.54, 1.807) is 11.8 Å². The smallest absolute Gasteiger partial charge is 0.0873 e. The Labute approximate surface area is 197 Å². The molecule has 0 fully saturated rings. The Morgan fingerprint density at radius 3 is 2.37 bits per heavy atom. The third-order valence-corrected chi connectivity index (χ3v) is 6.86. The lowest BCUT2D eigenvalue weighted by Crippen LogP contribution is -2.21. The van der Waals surface area contributed by atoms with Crippen LogP contribution in [0.25, 0.3) is 0 Å². The Hall–Kier alpha value is -1.04. The fourth-order valence-corrected chi connectivity index (χ4v) is 5.10. The van der Waals surface area contributed by atoms with Gasteiger partial charge in [-0.15, -0.1) is 0 Å². The standard InChI is InChI=1S/C25H36N2S3/c1-4-5-6-7-8-12-15-22(20-13-10-9-11-14-20)25(28)27-24-21(18-29-2)16-17-26-23(24)19-30-3/h9-11,13-14,16-17,22H,4-8,12,15,18-19H2,1-3H3,(H,27,28)/t22-/m0/s1. The highest BCUT2D eigenvalue weighted by Crippen LogP contribution is 2.30. The second kappa shape index (κ2) is 14.9. The predicted octanol–water partition coefficient (Wildman–Crippen LogP) is 8.08. The normalized spacial score (nSPS) is 12.0. The Kier molecular flexibility index (Phi) is 12.5. The van der Waals surface area contributed by atoms with Crippen molar-refractivity contribution in [2.45, 2.75) is 69.3 Å². The summed E-state index contributed by atoms with van der Waals surface area (Å²) in [5.41, 5.74) is 4.82. The van der Waals surface area contributed by atoms with Crippen molar-refractivity contribution in [3.63, 3.8) is 0 Å². The fraction of sp³-hybridized carbons (Fsp3) is 0.520. The van der Waals surface area contributed by atoms with Gasteiger partial charge in [0.1, 0.15) is 0 Å². The van der Waals surface area contributed by atoms with E-state index in [2.05, 4.69) is 66.1 Å². The molecule has 0 unspecified atom stereocenters. The number of unbranched alkanes of at least 4 members (excludes halogenated alkanes) is 5. The van der Waals surface area contributed by atoms with Crippen LogP contribution in [0.1, 0.15) is 74.6 Å². The number of anilines is 1. The van der Waals surface area contributed by atoms with Crippen LogP contribution in [0, 0.1) is 0 Å². The van der Waals surface area contributed by atoms with Gasteiger partial charge >= 0.3 is 0 Å². The van der Waals surface area contributed by atoms with Crippen LogP contribution in [-0.4, -0.2) is 22.5 Å². The maximum absolute atomic E-state index is 5.99. The molecule has 2 aromatic rings. The molecule has 5 heteroatoms. The van der Waals surface area contributed by atoms with E-state index in [0.717, 1.165) is 34.3 Å². The van der Waals surface area contributed by atoms with Crippen molar-refractivity contribution in [2.24, 2.45) is 0 Å². The van der Waals surface area contributed by atoms with Gasteiger partial charge in [-0.1, -0.05) is 88.0 Å². The third-order valence-electron chi connectivity index (χ3n) is 5.31. The average Bonchev–Trinajstić information content (AvgIpc) is 2.76. The minimum atomic E-state index is 0.247. The average molecular weight is 461 g/mol. The van der Waals surface area contributed by atoms with E-state index < -0.39 is 0 Å². The molecule has 0 saturated carbocycles. The molecule has 1 heterocycles. The van der Waals surface area contributed by atoms with Gasteiger partial charge in [0.05, 0.1) is 16.4 Å². The maximum atomic E-state index is 5.99. The first-order valence-electron chi connectivity index (χ1n) is 11.0. The van der Waals surface area contributed by atoms with Crippen molar-refractivity contribution < 1.29 is 0 Å². The molecule has 2 nitrogen and oxygen atoms in total. The van der Waals surface area contributed by atoms with Gasteiger partial charge in [-0.3, -0.25) is 4.98 Å². The van der Waals surface area contributed by atoms with E-state index in [0.29, 0.717) is 0 Å². The van der Waals surface area contributed by atoms with Crippen LogP contribution < -0.4 is 5.32 Å². The lowest BCUT2D eigenvalue weighted by atomic mass is 9.92. The number of nitrogens with one attached hydrogen (secondary N) is 1. The maximum Gasteiger partial charge on any atom is 0.0873 e. The number of thiocarbonyl (C=S) groups is 1. The minimum Gasteiger partial charge on any atom is -0.348 e. The quantitative estimate of drug-likeness (QED) is 0.227. The van der Waals surface area contributed by atoms with Crippen LogP contribution in [-0.2, 0) is 11.5 Å². The summed E-state index contributed by atoms with van der Waals surface area (Å²) in [7, 11) is 0. The molecule has 0 aliphatic heterocycles. The molecule has 0 aliphatic rings. The molecule has 0 amide bonds. The first-order chi connectivity index (χ1) is 14.7. The molecular formula is C25H36N2S3. The molecule has 1 aromatic carbocycles. The Balaban J connectivity index is 2.16. The Morgan fingerprint density at radius 2 is 1.67 bits per heavy atom. The SMILES string of the molecule is CCCCCCCC[C@H](C(=S)Nc1c(CSC)ccnc1CSC)c1ccccc1. The number of hydrogen-bond acceptors (Lipinski definition) is 4. The van der Waals surface area contributed by atoms with Gasteiger partial charge in [0.15, 0.2) is 0 Å². The van der Waals surface area contributed by atoms with Gasteiger partial charge in [0, 0.05) is 23.6 Å². The Morgan fingerprint density at radius 1 is 0.967 bits per heavy atom. The summed E-state index contributed by atoms with van der Waals surface area (Å²) in [6.07, 6.45) is 15.1. The topological polar surface area (TPSA) is 24.9 Å². The lowest BCUT2D eigenvalue weighted by molar-refractivity contribution is 0.580. The van der Waals surface area contributed by atoms with E-state index in [-0.39, 0.29) is 5.92 Å². The summed E-state index contributed by atoms with van der Waals surface area (Å²) < 4.78 is 0. The van der Waals surface area contributed by atoms with Crippen molar-refractivity contribution in [2.75, 3.05) is 17.8 Å². The van der Waals surface area contributed by atoms with Crippen LogP contribution in [0.3, 0.4) is 0 Å². The number of hydrogen-bond donors (Lipinski definition) is 1. The molecule has 0 bridgehead atoms. The zero-order valence-electron chi connectivity index (χ0n) is 18.7. The molecule has 30 heavy (non-hydrogen) atoms. The fourth-order valence-electron chi connectivity index (χ4n) is 3.70. The second-order valence-electron chi connectivity index (χ2n) is 7.67. The number of nitrogens with zero attached hydrogens (tertiary/aromatic N) is 1. The molecule has 0 radical (unpaired) electrons. The molecule has 0 saturated heterocycles. The van der Waals surface area contributed by atoms with Gasteiger partial charge in [-0.25, -0.2) is 0 Å². The van der Waals surface area contributed by atoms with E-state index in [1.807, 2.05) is 18.0 Å². The summed E-state index contributed by atoms with van der Waals surface area (Å²) in [5, 5.41) is 3.65. The molecule has 1 atom stereocenters. The lowest BCUT2D eigenvalue weighted by Gasteiger charge is -2.22. The van der Waals surface area contributed by atoms with Gasteiger partial charge in [-0.2, -0.15) is 23.5 Å². The van der Waals surface area contributed by atoms with Crippen molar-refractivity contribution >= 4 is 46.4 Å². The molecule has 0 aliphatic carbocycles. The minimum absolute atomic E-state index is 0.247. The van der Waals surface area contributed by atoms with Gasteiger partial charge < -0.3 is 5.32 Å². The summed E-state index contributed by atoms with van der Waals surface area (Å²) in [6, 6.07) is 12.9. The zero-order chi connectivity index (χ0) is 21.6. The first-order valence-corrected chi connectivity index (χ1v) is 14.2. The summed E-state index contributed by atoms with van der Waals surface area (Å²) in [5.74, 6) is 2.10. The molecule has 164 valence electrons. The molecule has 0 spiro atoms. The zero-order valence-corrected chi connectivity index (χ0v) is 21.1. The molecule has 1 N–H and O–H groups in total. The molecular weight excluding hydrogens is 424 g/mol.